The molecular weight excluding hydrogens is 404 g/mol. The average molecular weight is 428 g/mol. The lowest BCUT2D eigenvalue weighted by atomic mass is 10.00. The second-order valence-corrected chi connectivity index (χ2v) is 7.98. The van der Waals surface area contributed by atoms with Gasteiger partial charge in [0.15, 0.2) is 5.76 Å². The van der Waals surface area contributed by atoms with Crippen LogP contribution in [-0.2, 0) is 13.0 Å². The largest absolute Gasteiger partial charge is 0.497 e. The number of ether oxygens (including phenoxy) is 3. The van der Waals surface area contributed by atoms with E-state index in [-0.39, 0.29) is 5.78 Å². The Bertz CT molecular complexity index is 1190. The van der Waals surface area contributed by atoms with Gasteiger partial charge in [0.1, 0.15) is 24.0 Å². The second-order valence-electron chi connectivity index (χ2n) is 7.98. The van der Waals surface area contributed by atoms with Gasteiger partial charge in [-0.15, -0.1) is 0 Å². The number of hydrogen-bond acceptors (Lipinski definition) is 6. The molecule has 0 amide bonds. The van der Waals surface area contributed by atoms with Gasteiger partial charge in [0.2, 0.25) is 5.78 Å². The summed E-state index contributed by atoms with van der Waals surface area (Å²) in [4.78, 5) is 19.5. The minimum absolute atomic E-state index is 0.119. The third kappa shape index (κ3) is 3.85. The van der Waals surface area contributed by atoms with Gasteiger partial charge in [0.05, 0.1) is 18.4 Å². The number of ketones is 1. The summed E-state index contributed by atoms with van der Waals surface area (Å²) in [5, 5.41) is 0. The number of carbonyl (C=O) groups excluding carboxylic acids is 1. The maximum absolute atomic E-state index is 13.0. The monoisotopic (exact) mass is 428 g/mol. The number of fused-ring (bicyclic) bond motifs is 2. The molecule has 0 bridgehead atoms. The van der Waals surface area contributed by atoms with Crippen molar-refractivity contribution < 1.29 is 19.0 Å². The number of methoxy groups -OCH3 is 1. The van der Waals surface area contributed by atoms with Crippen LogP contribution in [0.3, 0.4) is 0 Å². The van der Waals surface area contributed by atoms with Crippen molar-refractivity contribution in [3.8, 4) is 17.2 Å². The predicted octanol–water partition coefficient (Wildman–Crippen LogP) is 4.41. The van der Waals surface area contributed by atoms with Gasteiger partial charge < -0.3 is 14.2 Å². The molecule has 0 fully saturated rings. The predicted molar refractivity (Wildman–Crippen MR) is 121 cm³/mol. The molecule has 0 spiro atoms. The third-order valence-electron chi connectivity index (χ3n) is 5.84. The Morgan fingerprint density at radius 2 is 2.00 bits per heavy atom. The zero-order valence-corrected chi connectivity index (χ0v) is 18.1. The minimum Gasteiger partial charge on any atom is -0.497 e. The zero-order valence-electron chi connectivity index (χ0n) is 18.1. The molecule has 0 aliphatic carbocycles. The molecule has 0 unspecified atom stereocenters. The van der Waals surface area contributed by atoms with Crippen LogP contribution >= 0.6 is 0 Å². The summed E-state index contributed by atoms with van der Waals surface area (Å²) in [5.74, 6) is 2.43. The second kappa shape index (κ2) is 8.48. The van der Waals surface area contributed by atoms with Crippen LogP contribution in [0.4, 0.5) is 0 Å². The van der Waals surface area contributed by atoms with Crippen molar-refractivity contribution in [3.63, 3.8) is 0 Å². The molecule has 6 heteroatoms. The molecule has 2 aliphatic heterocycles. The first kappa shape index (κ1) is 20.3. The lowest BCUT2D eigenvalue weighted by Gasteiger charge is -2.30. The summed E-state index contributed by atoms with van der Waals surface area (Å²) in [6.45, 7) is 4.04. The van der Waals surface area contributed by atoms with E-state index < -0.39 is 0 Å². The van der Waals surface area contributed by atoms with Gasteiger partial charge in [-0.25, -0.2) is 0 Å². The van der Waals surface area contributed by atoms with E-state index in [2.05, 4.69) is 22.0 Å². The quantitative estimate of drug-likeness (QED) is 0.561. The molecule has 5 rings (SSSR count). The van der Waals surface area contributed by atoms with E-state index in [1.807, 2.05) is 43.3 Å². The minimum atomic E-state index is -0.119. The van der Waals surface area contributed by atoms with Crippen molar-refractivity contribution in [3.05, 3.63) is 88.4 Å². The smallest absolute Gasteiger partial charge is 0.232 e. The molecule has 1 aromatic heterocycles. The van der Waals surface area contributed by atoms with E-state index in [4.69, 9.17) is 14.2 Å². The van der Waals surface area contributed by atoms with Gasteiger partial charge in [0, 0.05) is 36.5 Å². The average Bonchev–Trinajstić information content (AvgIpc) is 3.14. The number of hydrogen-bond donors (Lipinski definition) is 0. The molecule has 0 atom stereocenters. The fraction of sp³-hybridized carbons (Fsp3) is 0.231. The summed E-state index contributed by atoms with van der Waals surface area (Å²) in [6.07, 6.45) is 4.28. The summed E-state index contributed by atoms with van der Waals surface area (Å²) < 4.78 is 17.3. The van der Waals surface area contributed by atoms with E-state index >= 15 is 0 Å². The fourth-order valence-electron chi connectivity index (χ4n) is 4.11. The van der Waals surface area contributed by atoms with Crippen molar-refractivity contribution >= 4 is 11.9 Å². The highest BCUT2D eigenvalue weighted by Crippen LogP contribution is 2.43. The molecule has 3 aromatic rings. The normalized spacial score (nSPS) is 16.3. The van der Waals surface area contributed by atoms with Crippen molar-refractivity contribution in [1.29, 1.82) is 0 Å². The number of rotatable bonds is 5. The first-order valence-electron chi connectivity index (χ1n) is 10.6. The Kier molecular flexibility index (Phi) is 5.37. The number of allylic oxidation sites excluding steroid dienone is 1. The fourth-order valence-corrected chi connectivity index (χ4v) is 4.11. The van der Waals surface area contributed by atoms with Crippen LogP contribution in [0.5, 0.6) is 17.2 Å². The van der Waals surface area contributed by atoms with Crippen molar-refractivity contribution in [2.75, 3.05) is 20.4 Å². The van der Waals surface area contributed by atoms with Crippen molar-refractivity contribution in [2.24, 2.45) is 0 Å². The first-order valence-corrected chi connectivity index (χ1v) is 10.6. The molecule has 32 heavy (non-hydrogen) atoms. The van der Waals surface area contributed by atoms with Crippen LogP contribution in [-0.4, -0.2) is 36.1 Å². The van der Waals surface area contributed by atoms with Crippen molar-refractivity contribution in [1.82, 2.24) is 9.88 Å². The SMILES string of the molecule is COc1ccc(CCN2COc3c(cc4c(c3C)O/C(=C\c3ccccn3)C4=O)C2)cc1. The molecular formula is C26H24N2O4. The maximum Gasteiger partial charge on any atom is 0.232 e. The lowest BCUT2D eigenvalue weighted by molar-refractivity contribution is 0.0954. The van der Waals surface area contributed by atoms with Gasteiger partial charge in [-0.2, -0.15) is 0 Å². The Balaban J connectivity index is 1.33. The van der Waals surface area contributed by atoms with E-state index in [1.54, 1.807) is 19.4 Å². The van der Waals surface area contributed by atoms with E-state index in [9.17, 15) is 4.79 Å². The van der Waals surface area contributed by atoms with Gasteiger partial charge in [-0.3, -0.25) is 14.7 Å². The molecule has 0 saturated carbocycles. The number of Topliss-reactive ketones (excluding diaryl/α,β-unsaturated/α-hetero) is 1. The number of pyridine rings is 1. The summed E-state index contributed by atoms with van der Waals surface area (Å²) in [7, 11) is 1.67. The molecule has 0 radical (unpaired) electrons. The molecule has 6 nitrogen and oxygen atoms in total. The van der Waals surface area contributed by atoms with Crippen LogP contribution in [0.1, 0.15) is 32.7 Å². The molecule has 0 saturated heterocycles. The summed E-state index contributed by atoms with van der Waals surface area (Å²) in [5.41, 5.74) is 4.40. The summed E-state index contributed by atoms with van der Waals surface area (Å²) in [6, 6.07) is 15.6. The molecule has 2 aromatic carbocycles. The number of carbonyl (C=O) groups is 1. The molecule has 3 heterocycles. The van der Waals surface area contributed by atoms with Crippen LogP contribution in [0.2, 0.25) is 0 Å². The van der Waals surface area contributed by atoms with Gasteiger partial charge in [-0.05, 0) is 49.2 Å². The van der Waals surface area contributed by atoms with Crippen LogP contribution in [0, 0.1) is 6.92 Å². The van der Waals surface area contributed by atoms with Gasteiger partial charge in [0.25, 0.3) is 0 Å². The van der Waals surface area contributed by atoms with E-state index in [1.165, 1.54) is 5.56 Å². The number of benzene rings is 2. The Morgan fingerprint density at radius 3 is 2.75 bits per heavy atom. The lowest BCUT2D eigenvalue weighted by Crippen LogP contribution is -2.34. The van der Waals surface area contributed by atoms with Crippen LogP contribution < -0.4 is 14.2 Å². The third-order valence-corrected chi connectivity index (χ3v) is 5.84. The molecule has 0 N–H and O–H groups in total. The number of aromatic nitrogens is 1. The maximum atomic E-state index is 13.0. The van der Waals surface area contributed by atoms with Gasteiger partial charge in [-0.1, -0.05) is 18.2 Å². The van der Waals surface area contributed by atoms with Crippen LogP contribution in [0.25, 0.3) is 6.08 Å². The highest BCUT2D eigenvalue weighted by Gasteiger charge is 2.33. The Hall–Kier alpha value is -3.64. The van der Waals surface area contributed by atoms with Gasteiger partial charge >= 0.3 is 0 Å². The zero-order chi connectivity index (χ0) is 22.1. The van der Waals surface area contributed by atoms with Crippen molar-refractivity contribution in [2.45, 2.75) is 19.9 Å². The Morgan fingerprint density at radius 1 is 1.16 bits per heavy atom. The van der Waals surface area contributed by atoms with Crippen LogP contribution in [0.15, 0.2) is 60.5 Å². The van der Waals surface area contributed by atoms with E-state index in [0.29, 0.717) is 29.5 Å². The first-order chi connectivity index (χ1) is 15.6. The highest BCUT2D eigenvalue weighted by atomic mass is 16.5. The summed E-state index contributed by atoms with van der Waals surface area (Å²) >= 11 is 0. The standard InChI is InChI=1S/C26H24N2O4/c1-17-25-19(15-28(16-31-25)12-10-18-6-8-21(30-2)9-7-18)13-22-24(29)23(32-26(17)22)14-20-5-3-4-11-27-20/h3-9,11,13-14H,10,12,15-16H2,1-2H3/b23-14-. The molecule has 2 aliphatic rings. The van der Waals surface area contributed by atoms with E-state index in [0.717, 1.165) is 42.1 Å². The number of nitrogens with zero attached hydrogens (tertiary/aromatic N) is 2. The Labute approximate surface area is 187 Å². The highest BCUT2D eigenvalue weighted by molar-refractivity contribution is 6.15. The molecule has 162 valence electrons. The topological polar surface area (TPSA) is 60.9 Å².